The Bertz CT molecular complexity index is 1430. The van der Waals surface area contributed by atoms with Crippen LogP contribution < -0.4 is 9.62 Å². The Balaban J connectivity index is 2.09. The van der Waals surface area contributed by atoms with Crippen molar-refractivity contribution in [2.75, 3.05) is 17.1 Å². The summed E-state index contributed by atoms with van der Waals surface area (Å²) in [4.78, 5) is 29.4. The third-order valence-corrected chi connectivity index (χ3v) is 8.45. The van der Waals surface area contributed by atoms with Gasteiger partial charge in [0.15, 0.2) is 0 Å². The van der Waals surface area contributed by atoms with Crippen molar-refractivity contribution < 1.29 is 18.0 Å². The minimum atomic E-state index is -3.82. The smallest absolute Gasteiger partial charge is 0.244 e. The van der Waals surface area contributed by atoms with Crippen molar-refractivity contribution in [3.8, 4) is 0 Å². The third kappa shape index (κ3) is 8.66. The summed E-state index contributed by atoms with van der Waals surface area (Å²) in [6.07, 6.45) is 2.11. The molecule has 0 aliphatic carbocycles. The predicted molar refractivity (Wildman–Crippen MR) is 165 cm³/mol. The number of anilines is 1. The fourth-order valence-corrected chi connectivity index (χ4v) is 5.76. The van der Waals surface area contributed by atoms with E-state index in [1.807, 2.05) is 94.4 Å². The van der Waals surface area contributed by atoms with Crippen molar-refractivity contribution in [3.63, 3.8) is 0 Å². The van der Waals surface area contributed by atoms with Crippen LogP contribution in [0.3, 0.4) is 0 Å². The number of sulfonamides is 1. The minimum Gasteiger partial charge on any atom is -0.352 e. The second-order valence-corrected chi connectivity index (χ2v) is 13.1. The van der Waals surface area contributed by atoms with Gasteiger partial charge in [0, 0.05) is 23.5 Å². The molecule has 0 unspecified atom stereocenters. The summed E-state index contributed by atoms with van der Waals surface area (Å²) >= 11 is 3.49. The molecule has 0 radical (unpaired) electrons. The lowest BCUT2D eigenvalue weighted by Gasteiger charge is -2.34. The van der Waals surface area contributed by atoms with Crippen LogP contribution >= 0.6 is 15.9 Å². The highest BCUT2D eigenvalue weighted by Gasteiger charge is 2.33. The van der Waals surface area contributed by atoms with E-state index >= 15 is 0 Å². The van der Waals surface area contributed by atoms with E-state index in [0.29, 0.717) is 5.69 Å². The van der Waals surface area contributed by atoms with Crippen LogP contribution in [0.15, 0.2) is 77.3 Å². The molecule has 0 bridgehead atoms. The molecule has 0 aliphatic heterocycles. The van der Waals surface area contributed by atoms with Crippen LogP contribution in [0.1, 0.15) is 42.5 Å². The lowest BCUT2D eigenvalue weighted by Crippen LogP contribution is -2.54. The molecule has 9 heteroatoms. The molecule has 2 amide bonds. The van der Waals surface area contributed by atoms with Gasteiger partial charge < -0.3 is 10.2 Å². The number of nitrogens with one attached hydrogen (secondary N) is 1. The predicted octanol–water partition coefficient (Wildman–Crippen LogP) is 5.39. The van der Waals surface area contributed by atoms with E-state index in [1.165, 1.54) is 4.90 Å². The first-order valence-electron chi connectivity index (χ1n) is 13.3. The number of benzene rings is 3. The number of hydrogen-bond donors (Lipinski definition) is 1. The van der Waals surface area contributed by atoms with Gasteiger partial charge in [-0.15, -0.1) is 0 Å². The molecule has 0 aliphatic rings. The fraction of sp³-hybridized carbons (Fsp3) is 0.355. The molecule has 214 valence electrons. The Labute approximate surface area is 246 Å². The number of aryl methyl sites for hydroxylation is 2. The highest BCUT2D eigenvalue weighted by molar-refractivity contribution is 9.10. The Hall–Kier alpha value is -3.17. The summed E-state index contributed by atoms with van der Waals surface area (Å²) in [5.74, 6) is -0.745. The van der Waals surface area contributed by atoms with Crippen molar-refractivity contribution in [3.05, 3.63) is 99.5 Å². The maximum absolute atomic E-state index is 14.2. The molecule has 3 aromatic carbocycles. The van der Waals surface area contributed by atoms with E-state index in [1.54, 1.807) is 6.07 Å². The second-order valence-electron chi connectivity index (χ2n) is 10.2. The summed E-state index contributed by atoms with van der Waals surface area (Å²) < 4.78 is 28.0. The van der Waals surface area contributed by atoms with Crippen LogP contribution in [0, 0.1) is 13.8 Å². The maximum Gasteiger partial charge on any atom is 0.244 e. The Morgan fingerprint density at radius 2 is 1.62 bits per heavy atom. The van der Waals surface area contributed by atoms with Crippen molar-refractivity contribution in [1.29, 1.82) is 0 Å². The average molecular weight is 629 g/mol. The Morgan fingerprint density at radius 3 is 2.25 bits per heavy atom. The van der Waals surface area contributed by atoms with Crippen molar-refractivity contribution >= 4 is 43.5 Å². The number of amides is 2. The molecular formula is C31H38BrN3O4S. The van der Waals surface area contributed by atoms with Crippen LogP contribution in [0.25, 0.3) is 0 Å². The third-order valence-electron chi connectivity index (χ3n) is 6.83. The number of rotatable bonds is 12. The Morgan fingerprint density at radius 1 is 0.950 bits per heavy atom. The van der Waals surface area contributed by atoms with Gasteiger partial charge in [-0.25, -0.2) is 8.42 Å². The van der Waals surface area contributed by atoms with Gasteiger partial charge in [0.25, 0.3) is 0 Å². The second kappa shape index (κ2) is 13.9. The summed E-state index contributed by atoms with van der Waals surface area (Å²) in [5.41, 5.74) is 3.77. The van der Waals surface area contributed by atoms with E-state index < -0.39 is 28.5 Å². The molecule has 0 aromatic heterocycles. The van der Waals surface area contributed by atoms with Gasteiger partial charge in [-0.1, -0.05) is 77.5 Å². The molecule has 1 N–H and O–H groups in total. The standard InChI is InChI=1S/C31H38BrN3O4S/c1-6-24(4)33-31(37)29(19-25-11-8-7-9-12-25)34(20-26-13-10-14-27(32)18-26)30(36)21-35(40(5,38)39)28-17-22(2)15-16-23(28)3/h7-18,24,29H,6,19-21H2,1-5H3,(H,33,37)/t24-,29+/m1/s1. The first-order valence-corrected chi connectivity index (χ1v) is 16.0. The fourth-order valence-electron chi connectivity index (χ4n) is 4.41. The minimum absolute atomic E-state index is 0.0870. The van der Waals surface area contributed by atoms with Crippen molar-refractivity contribution in [1.82, 2.24) is 10.2 Å². The monoisotopic (exact) mass is 627 g/mol. The quantitative estimate of drug-likeness (QED) is 0.292. The zero-order valence-electron chi connectivity index (χ0n) is 23.7. The van der Waals surface area contributed by atoms with E-state index in [9.17, 15) is 18.0 Å². The summed E-state index contributed by atoms with van der Waals surface area (Å²) in [7, 11) is -3.82. The van der Waals surface area contributed by atoms with Gasteiger partial charge >= 0.3 is 0 Å². The molecule has 0 saturated heterocycles. The number of hydrogen-bond acceptors (Lipinski definition) is 4. The molecule has 0 fully saturated rings. The maximum atomic E-state index is 14.2. The van der Waals surface area contributed by atoms with Crippen LogP contribution in [-0.4, -0.2) is 50.0 Å². The molecule has 0 heterocycles. The molecule has 2 atom stereocenters. The first kappa shape index (κ1) is 31.4. The van der Waals surface area contributed by atoms with Crippen LogP contribution in [0.2, 0.25) is 0 Å². The first-order chi connectivity index (χ1) is 18.9. The van der Waals surface area contributed by atoms with Gasteiger partial charge in [0.05, 0.1) is 11.9 Å². The lowest BCUT2D eigenvalue weighted by atomic mass is 10.0. The van der Waals surface area contributed by atoms with Crippen molar-refractivity contribution in [2.24, 2.45) is 0 Å². The SMILES string of the molecule is CC[C@@H](C)NC(=O)[C@H](Cc1ccccc1)N(Cc1cccc(Br)c1)C(=O)CN(c1cc(C)ccc1C)S(C)(=O)=O. The van der Waals surface area contributed by atoms with Crippen LogP contribution in [-0.2, 0) is 32.6 Å². The lowest BCUT2D eigenvalue weighted by molar-refractivity contribution is -0.140. The molecule has 3 aromatic rings. The van der Waals surface area contributed by atoms with Gasteiger partial charge in [0.2, 0.25) is 21.8 Å². The molecule has 0 saturated carbocycles. The highest BCUT2D eigenvalue weighted by atomic mass is 79.9. The molecule has 7 nitrogen and oxygen atoms in total. The van der Waals surface area contributed by atoms with E-state index in [-0.39, 0.29) is 24.9 Å². The number of nitrogens with zero attached hydrogens (tertiary/aromatic N) is 2. The van der Waals surface area contributed by atoms with Gasteiger partial charge in [-0.3, -0.25) is 13.9 Å². The molecular weight excluding hydrogens is 590 g/mol. The van der Waals surface area contributed by atoms with Gasteiger partial charge in [-0.05, 0) is 67.6 Å². The number of halogens is 1. The van der Waals surface area contributed by atoms with Gasteiger partial charge in [-0.2, -0.15) is 0 Å². The van der Waals surface area contributed by atoms with Crippen LogP contribution in [0.4, 0.5) is 5.69 Å². The molecule has 0 spiro atoms. The van der Waals surface area contributed by atoms with E-state index in [0.717, 1.165) is 43.7 Å². The summed E-state index contributed by atoms with van der Waals surface area (Å²) in [6, 6.07) is 21.6. The van der Waals surface area contributed by atoms with E-state index in [4.69, 9.17) is 0 Å². The summed E-state index contributed by atoms with van der Waals surface area (Å²) in [5, 5.41) is 3.04. The topological polar surface area (TPSA) is 86.8 Å². The normalized spacial score (nSPS) is 12.8. The van der Waals surface area contributed by atoms with E-state index in [2.05, 4.69) is 21.2 Å². The number of carbonyl (C=O) groups is 2. The Kier molecular flexibility index (Phi) is 10.9. The number of carbonyl (C=O) groups excluding carboxylic acids is 2. The van der Waals surface area contributed by atoms with Gasteiger partial charge in [0.1, 0.15) is 12.6 Å². The highest BCUT2D eigenvalue weighted by Crippen LogP contribution is 2.25. The van der Waals surface area contributed by atoms with Crippen molar-refractivity contribution in [2.45, 2.75) is 59.2 Å². The average Bonchev–Trinajstić information content (AvgIpc) is 2.90. The van der Waals surface area contributed by atoms with Crippen LogP contribution in [0.5, 0.6) is 0 Å². The summed E-state index contributed by atoms with van der Waals surface area (Å²) in [6.45, 7) is 7.29. The largest absolute Gasteiger partial charge is 0.352 e. The molecule has 40 heavy (non-hydrogen) atoms. The zero-order chi connectivity index (χ0) is 29.4. The zero-order valence-corrected chi connectivity index (χ0v) is 26.1. The molecule has 3 rings (SSSR count).